The van der Waals surface area contributed by atoms with Gasteiger partial charge in [-0.15, -0.1) is 0 Å². The fourth-order valence-corrected chi connectivity index (χ4v) is 2.48. The molecule has 5 nitrogen and oxygen atoms in total. The minimum atomic E-state index is -0.811. The van der Waals surface area contributed by atoms with Crippen LogP contribution in [0.5, 0.6) is 0 Å². The molecule has 1 atom stereocenters. The van der Waals surface area contributed by atoms with Crippen LogP contribution in [0.2, 0.25) is 0 Å². The molecule has 0 aliphatic heterocycles. The topological polar surface area (TPSA) is 83.0 Å². The van der Waals surface area contributed by atoms with Crippen molar-refractivity contribution in [2.75, 3.05) is 0 Å². The van der Waals surface area contributed by atoms with Crippen molar-refractivity contribution in [1.29, 1.82) is 0 Å². The van der Waals surface area contributed by atoms with Crippen LogP contribution >= 0.6 is 0 Å². The number of aryl methyl sites for hydroxylation is 1. The van der Waals surface area contributed by atoms with Gasteiger partial charge in [0.05, 0.1) is 11.6 Å². The molecular formula is C11H12N2O3. The molecule has 0 radical (unpaired) electrons. The maximum absolute atomic E-state index is 11.3. The van der Waals surface area contributed by atoms with Gasteiger partial charge in [-0.2, -0.15) is 4.98 Å². The molecule has 0 bridgehead atoms. The number of carboxylic acids is 1. The number of hydrogen-bond donors (Lipinski definition) is 2. The van der Waals surface area contributed by atoms with E-state index in [2.05, 4.69) is 9.97 Å². The largest absolute Gasteiger partial charge is 0.481 e. The van der Waals surface area contributed by atoms with Gasteiger partial charge in [0.25, 0.3) is 0 Å². The minimum absolute atomic E-state index is 0.316. The number of aromatic amines is 1. The van der Waals surface area contributed by atoms with E-state index in [0.29, 0.717) is 18.8 Å². The van der Waals surface area contributed by atoms with Crippen molar-refractivity contribution >= 4 is 5.97 Å². The lowest BCUT2D eigenvalue weighted by atomic mass is 9.99. The predicted octanol–water partition coefficient (Wildman–Crippen LogP) is 0.762. The first kappa shape index (κ1) is 9.57. The molecule has 0 amide bonds. The molecule has 1 aromatic rings. The molecular weight excluding hydrogens is 208 g/mol. The molecule has 1 heterocycles. The molecule has 0 spiro atoms. The van der Waals surface area contributed by atoms with Crippen LogP contribution in [0, 0.1) is 0 Å². The van der Waals surface area contributed by atoms with E-state index in [9.17, 15) is 9.59 Å². The Labute approximate surface area is 91.5 Å². The van der Waals surface area contributed by atoms with Gasteiger partial charge in [0.2, 0.25) is 0 Å². The second-order valence-electron chi connectivity index (χ2n) is 4.52. The number of H-pyrrole nitrogens is 1. The molecule has 5 heteroatoms. The second-order valence-corrected chi connectivity index (χ2v) is 4.52. The Kier molecular flexibility index (Phi) is 1.89. The quantitative estimate of drug-likeness (QED) is 0.770. The van der Waals surface area contributed by atoms with Gasteiger partial charge in [0, 0.05) is 17.2 Å². The van der Waals surface area contributed by atoms with Crippen LogP contribution < -0.4 is 5.69 Å². The molecule has 1 unspecified atom stereocenters. The van der Waals surface area contributed by atoms with Gasteiger partial charge < -0.3 is 10.1 Å². The van der Waals surface area contributed by atoms with Crippen molar-refractivity contribution in [2.45, 2.75) is 37.5 Å². The summed E-state index contributed by atoms with van der Waals surface area (Å²) in [5.74, 6) is -0.972. The van der Waals surface area contributed by atoms with Crippen LogP contribution in [-0.4, -0.2) is 21.0 Å². The Morgan fingerprint density at radius 1 is 1.38 bits per heavy atom. The third kappa shape index (κ3) is 1.35. The first-order valence-corrected chi connectivity index (χ1v) is 5.52. The fraction of sp³-hybridized carbons (Fsp3) is 0.545. The summed E-state index contributed by atoms with van der Waals surface area (Å²) in [6, 6.07) is 0. The Morgan fingerprint density at radius 3 is 2.75 bits per heavy atom. The molecule has 0 aromatic carbocycles. The number of aliphatic carboxylic acids is 1. The third-order valence-electron chi connectivity index (χ3n) is 3.37. The van der Waals surface area contributed by atoms with Gasteiger partial charge in [-0.25, -0.2) is 4.79 Å². The fourth-order valence-electron chi connectivity index (χ4n) is 2.48. The van der Waals surface area contributed by atoms with Crippen molar-refractivity contribution in [3.63, 3.8) is 0 Å². The van der Waals surface area contributed by atoms with Crippen molar-refractivity contribution in [1.82, 2.24) is 9.97 Å². The van der Waals surface area contributed by atoms with Crippen LogP contribution in [0.1, 0.15) is 48.0 Å². The summed E-state index contributed by atoms with van der Waals surface area (Å²) in [6.07, 6.45) is 3.26. The number of carbonyl (C=O) groups is 1. The SMILES string of the molecule is O=C(O)C1CCc2[nH]c(=O)nc(C3CC3)c21. The average molecular weight is 220 g/mol. The van der Waals surface area contributed by atoms with Crippen molar-refractivity contribution in [3.8, 4) is 0 Å². The molecule has 1 saturated carbocycles. The minimum Gasteiger partial charge on any atom is -0.481 e. The van der Waals surface area contributed by atoms with Gasteiger partial charge in [0.15, 0.2) is 0 Å². The number of nitrogens with one attached hydrogen (secondary N) is 1. The molecule has 84 valence electrons. The lowest BCUT2D eigenvalue weighted by molar-refractivity contribution is -0.138. The highest BCUT2D eigenvalue weighted by molar-refractivity contribution is 5.78. The summed E-state index contributed by atoms with van der Waals surface area (Å²) in [6.45, 7) is 0. The van der Waals surface area contributed by atoms with E-state index < -0.39 is 11.9 Å². The van der Waals surface area contributed by atoms with Crippen LogP contribution in [0.15, 0.2) is 4.79 Å². The zero-order chi connectivity index (χ0) is 11.3. The van der Waals surface area contributed by atoms with Crippen LogP contribution in [0.3, 0.4) is 0 Å². The molecule has 2 aliphatic rings. The van der Waals surface area contributed by atoms with E-state index in [-0.39, 0.29) is 5.69 Å². The monoisotopic (exact) mass is 220 g/mol. The van der Waals surface area contributed by atoms with E-state index in [1.165, 1.54) is 0 Å². The number of aromatic nitrogens is 2. The number of nitrogens with zero attached hydrogens (tertiary/aromatic N) is 1. The molecule has 0 saturated heterocycles. The highest BCUT2D eigenvalue weighted by Crippen LogP contribution is 2.45. The second kappa shape index (κ2) is 3.17. The van der Waals surface area contributed by atoms with Crippen molar-refractivity contribution in [3.05, 3.63) is 27.4 Å². The van der Waals surface area contributed by atoms with Crippen LogP contribution in [0.25, 0.3) is 0 Å². The summed E-state index contributed by atoms with van der Waals surface area (Å²) >= 11 is 0. The van der Waals surface area contributed by atoms with Gasteiger partial charge >= 0.3 is 11.7 Å². The summed E-state index contributed by atoms with van der Waals surface area (Å²) in [7, 11) is 0. The normalized spacial score (nSPS) is 23.1. The summed E-state index contributed by atoms with van der Waals surface area (Å²) < 4.78 is 0. The van der Waals surface area contributed by atoms with Gasteiger partial charge in [-0.3, -0.25) is 4.79 Å². The Balaban J connectivity index is 2.18. The maximum Gasteiger partial charge on any atom is 0.345 e. The zero-order valence-corrected chi connectivity index (χ0v) is 8.69. The summed E-state index contributed by atoms with van der Waals surface area (Å²) in [5, 5.41) is 9.14. The first-order chi connectivity index (χ1) is 7.66. The van der Waals surface area contributed by atoms with E-state index >= 15 is 0 Å². The zero-order valence-electron chi connectivity index (χ0n) is 8.69. The molecule has 3 rings (SSSR count). The lowest BCUT2D eigenvalue weighted by Gasteiger charge is -2.09. The first-order valence-electron chi connectivity index (χ1n) is 5.52. The van der Waals surface area contributed by atoms with E-state index in [4.69, 9.17) is 5.11 Å². The van der Waals surface area contributed by atoms with Gasteiger partial charge in [-0.1, -0.05) is 0 Å². The van der Waals surface area contributed by atoms with Crippen LogP contribution in [-0.2, 0) is 11.2 Å². The number of fused-ring (bicyclic) bond motifs is 1. The Hall–Kier alpha value is -1.65. The van der Waals surface area contributed by atoms with Crippen molar-refractivity contribution in [2.24, 2.45) is 0 Å². The standard InChI is InChI=1S/C11H12N2O3/c14-10(15)6-3-4-7-8(6)9(5-1-2-5)13-11(16)12-7/h5-6H,1-4H2,(H,14,15)(H,12,13,16). The molecule has 2 aliphatic carbocycles. The predicted molar refractivity (Wildman–Crippen MR) is 55.5 cm³/mol. The number of hydrogen-bond acceptors (Lipinski definition) is 3. The molecule has 1 aromatic heterocycles. The van der Waals surface area contributed by atoms with E-state index in [1.54, 1.807) is 0 Å². The summed E-state index contributed by atoms with van der Waals surface area (Å²) in [5.41, 5.74) is 1.97. The smallest absolute Gasteiger partial charge is 0.345 e. The number of carboxylic acid groups (broad SMARTS) is 1. The van der Waals surface area contributed by atoms with E-state index in [0.717, 1.165) is 29.8 Å². The lowest BCUT2D eigenvalue weighted by Crippen LogP contribution is -2.19. The van der Waals surface area contributed by atoms with Gasteiger partial charge in [-0.05, 0) is 25.7 Å². The average Bonchev–Trinajstić information content (AvgIpc) is 2.97. The summed E-state index contributed by atoms with van der Waals surface area (Å²) in [4.78, 5) is 29.1. The van der Waals surface area contributed by atoms with E-state index in [1.807, 2.05) is 0 Å². The highest BCUT2D eigenvalue weighted by Gasteiger charge is 2.37. The maximum atomic E-state index is 11.3. The third-order valence-corrected chi connectivity index (χ3v) is 3.37. The molecule has 1 fully saturated rings. The van der Waals surface area contributed by atoms with Crippen LogP contribution in [0.4, 0.5) is 0 Å². The highest BCUT2D eigenvalue weighted by atomic mass is 16.4. The van der Waals surface area contributed by atoms with Crippen molar-refractivity contribution < 1.29 is 9.90 Å². The van der Waals surface area contributed by atoms with Gasteiger partial charge in [0.1, 0.15) is 0 Å². The Bertz CT molecular complexity index is 516. The Morgan fingerprint density at radius 2 is 2.12 bits per heavy atom. The molecule has 2 N–H and O–H groups in total. The number of rotatable bonds is 2. The molecule has 16 heavy (non-hydrogen) atoms.